The summed E-state index contributed by atoms with van der Waals surface area (Å²) in [5, 5.41) is 0. The van der Waals surface area contributed by atoms with E-state index >= 15 is 0 Å². The number of nitrogens with two attached hydrogens (primary N) is 1. The normalized spacial score (nSPS) is 19.8. The van der Waals surface area contributed by atoms with E-state index < -0.39 is 0 Å². The molecule has 1 aliphatic heterocycles. The minimum absolute atomic E-state index is 0.00236. The maximum absolute atomic E-state index is 11.4. The van der Waals surface area contributed by atoms with Gasteiger partial charge in [-0.3, -0.25) is 4.79 Å². The van der Waals surface area contributed by atoms with Gasteiger partial charge in [-0.05, 0) is 30.7 Å². The maximum atomic E-state index is 11.4. The molecular weight excluding hydrogens is 204 g/mol. The molecule has 1 unspecified atom stereocenters. The number of hydrogen-bond acceptors (Lipinski definition) is 4. The van der Waals surface area contributed by atoms with Gasteiger partial charge in [-0.15, -0.1) is 0 Å². The number of methoxy groups -OCH3 is 1. The Hall–Kier alpha value is -1.71. The first-order chi connectivity index (χ1) is 7.70. The molecule has 1 aromatic rings. The Kier molecular flexibility index (Phi) is 2.99. The van der Waals surface area contributed by atoms with Gasteiger partial charge in [0.15, 0.2) is 0 Å². The van der Waals surface area contributed by atoms with E-state index in [1.165, 1.54) is 7.11 Å². The van der Waals surface area contributed by atoms with Crippen molar-refractivity contribution in [1.82, 2.24) is 0 Å². The number of hydrogen-bond donors (Lipinski definition) is 1. The van der Waals surface area contributed by atoms with Crippen LogP contribution < -0.4 is 10.6 Å². The van der Waals surface area contributed by atoms with Crippen LogP contribution in [0.2, 0.25) is 0 Å². The average Bonchev–Trinajstić information content (AvgIpc) is 2.78. The Labute approximate surface area is 95.0 Å². The topological polar surface area (TPSA) is 55.6 Å². The highest BCUT2D eigenvalue weighted by Crippen LogP contribution is 2.25. The van der Waals surface area contributed by atoms with Crippen LogP contribution >= 0.6 is 0 Å². The summed E-state index contributed by atoms with van der Waals surface area (Å²) in [6.07, 6.45) is 0.858. The largest absolute Gasteiger partial charge is 0.469 e. The maximum Gasteiger partial charge on any atom is 0.310 e. The van der Waals surface area contributed by atoms with Gasteiger partial charge in [0, 0.05) is 24.5 Å². The van der Waals surface area contributed by atoms with Gasteiger partial charge in [-0.2, -0.15) is 0 Å². The number of carbonyl (C=O) groups is 1. The van der Waals surface area contributed by atoms with Gasteiger partial charge in [-0.25, -0.2) is 0 Å². The number of nitrogens with zero attached hydrogens (tertiary/aromatic N) is 1. The lowest BCUT2D eigenvalue weighted by Crippen LogP contribution is -2.23. The minimum atomic E-state index is -0.113. The van der Waals surface area contributed by atoms with Gasteiger partial charge in [0.05, 0.1) is 13.0 Å². The SMILES string of the molecule is COC(=O)C1CCN(c2ccc(N)cc2)C1. The van der Waals surface area contributed by atoms with Crippen molar-refractivity contribution in [3.8, 4) is 0 Å². The number of ether oxygens (including phenoxy) is 1. The molecule has 4 nitrogen and oxygen atoms in total. The first-order valence-electron chi connectivity index (χ1n) is 5.39. The number of carbonyl (C=O) groups excluding carboxylic acids is 1. The van der Waals surface area contributed by atoms with Gasteiger partial charge in [-0.1, -0.05) is 0 Å². The smallest absolute Gasteiger partial charge is 0.310 e. The lowest BCUT2D eigenvalue weighted by Gasteiger charge is -2.18. The molecule has 1 heterocycles. The molecular formula is C12H16N2O2. The van der Waals surface area contributed by atoms with Crippen LogP contribution in [0, 0.1) is 5.92 Å². The lowest BCUT2D eigenvalue weighted by atomic mass is 10.1. The van der Waals surface area contributed by atoms with Crippen LogP contribution in [-0.4, -0.2) is 26.2 Å². The fourth-order valence-electron chi connectivity index (χ4n) is 2.04. The molecule has 1 fully saturated rings. The van der Waals surface area contributed by atoms with Crippen molar-refractivity contribution in [2.24, 2.45) is 5.92 Å². The summed E-state index contributed by atoms with van der Waals surface area (Å²) in [6.45, 7) is 1.63. The second kappa shape index (κ2) is 4.43. The second-order valence-electron chi connectivity index (χ2n) is 4.05. The van der Waals surface area contributed by atoms with Crippen molar-refractivity contribution in [2.75, 3.05) is 30.8 Å². The third-order valence-electron chi connectivity index (χ3n) is 2.98. The molecule has 0 spiro atoms. The van der Waals surface area contributed by atoms with Crippen molar-refractivity contribution in [3.63, 3.8) is 0 Å². The average molecular weight is 220 g/mol. The first-order valence-corrected chi connectivity index (χ1v) is 5.39. The Morgan fingerprint density at radius 1 is 1.44 bits per heavy atom. The lowest BCUT2D eigenvalue weighted by molar-refractivity contribution is -0.144. The van der Waals surface area contributed by atoms with Crippen molar-refractivity contribution in [3.05, 3.63) is 24.3 Å². The summed E-state index contributed by atoms with van der Waals surface area (Å²) >= 11 is 0. The number of benzene rings is 1. The highest BCUT2D eigenvalue weighted by atomic mass is 16.5. The highest BCUT2D eigenvalue weighted by Gasteiger charge is 2.28. The third kappa shape index (κ3) is 2.10. The first kappa shape index (κ1) is 10.8. The van der Waals surface area contributed by atoms with E-state index in [2.05, 4.69) is 4.90 Å². The zero-order chi connectivity index (χ0) is 11.5. The van der Waals surface area contributed by atoms with Crippen LogP contribution in [0.25, 0.3) is 0 Å². The molecule has 0 amide bonds. The molecule has 1 saturated heterocycles. The van der Waals surface area contributed by atoms with E-state index in [0.29, 0.717) is 0 Å². The zero-order valence-electron chi connectivity index (χ0n) is 9.35. The molecule has 0 radical (unpaired) electrons. The van der Waals surface area contributed by atoms with E-state index in [-0.39, 0.29) is 11.9 Å². The fourth-order valence-corrected chi connectivity index (χ4v) is 2.04. The summed E-state index contributed by atoms with van der Waals surface area (Å²) in [5.74, 6) is -0.111. The molecule has 1 atom stereocenters. The number of anilines is 2. The Balaban J connectivity index is 2.03. The molecule has 0 saturated carbocycles. The van der Waals surface area contributed by atoms with Crippen LogP contribution in [0.1, 0.15) is 6.42 Å². The molecule has 0 aliphatic carbocycles. The predicted octanol–water partition coefficient (Wildman–Crippen LogP) is 1.27. The number of nitrogen functional groups attached to an aromatic ring is 1. The molecule has 86 valence electrons. The Bertz CT molecular complexity index is 375. The Morgan fingerprint density at radius 2 is 2.12 bits per heavy atom. The fraction of sp³-hybridized carbons (Fsp3) is 0.417. The van der Waals surface area contributed by atoms with Crippen LogP contribution in [0.3, 0.4) is 0 Å². The van der Waals surface area contributed by atoms with Gasteiger partial charge in [0.2, 0.25) is 0 Å². The monoisotopic (exact) mass is 220 g/mol. The van der Waals surface area contributed by atoms with Crippen molar-refractivity contribution >= 4 is 17.3 Å². The van der Waals surface area contributed by atoms with E-state index in [0.717, 1.165) is 30.9 Å². The number of rotatable bonds is 2. The molecule has 1 aromatic carbocycles. The third-order valence-corrected chi connectivity index (χ3v) is 2.98. The summed E-state index contributed by atoms with van der Waals surface area (Å²) < 4.78 is 4.75. The quantitative estimate of drug-likeness (QED) is 0.602. The van der Waals surface area contributed by atoms with E-state index in [1.807, 2.05) is 24.3 Å². The van der Waals surface area contributed by atoms with E-state index in [1.54, 1.807) is 0 Å². The van der Waals surface area contributed by atoms with Crippen LogP contribution in [0.15, 0.2) is 24.3 Å². The molecule has 1 aliphatic rings. The molecule has 0 aromatic heterocycles. The highest BCUT2D eigenvalue weighted by molar-refractivity contribution is 5.74. The molecule has 2 rings (SSSR count). The molecule has 16 heavy (non-hydrogen) atoms. The summed E-state index contributed by atoms with van der Waals surface area (Å²) in [7, 11) is 1.44. The van der Waals surface area contributed by atoms with Crippen molar-refractivity contribution in [1.29, 1.82) is 0 Å². The second-order valence-corrected chi connectivity index (χ2v) is 4.05. The van der Waals surface area contributed by atoms with Gasteiger partial charge >= 0.3 is 5.97 Å². The van der Waals surface area contributed by atoms with Gasteiger partial charge < -0.3 is 15.4 Å². The molecule has 0 bridgehead atoms. The van der Waals surface area contributed by atoms with Crippen molar-refractivity contribution < 1.29 is 9.53 Å². The van der Waals surface area contributed by atoms with Gasteiger partial charge in [0.1, 0.15) is 0 Å². The Morgan fingerprint density at radius 3 is 2.75 bits per heavy atom. The molecule has 4 heteroatoms. The van der Waals surface area contributed by atoms with Crippen molar-refractivity contribution in [2.45, 2.75) is 6.42 Å². The van der Waals surface area contributed by atoms with Gasteiger partial charge in [0.25, 0.3) is 0 Å². The minimum Gasteiger partial charge on any atom is -0.469 e. The predicted molar refractivity (Wildman–Crippen MR) is 63.2 cm³/mol. The van der Waals surface area contributed by atoms with Crippen LogP contribution in [0.4, 0.5) is 11.4 Å². The summed E-state index contributed by atoms with van der Waals surface area (Å²) in [6, 6.07) is 7.71. The van der Waals surface area contributed by atoms with Crippen LogP contribution in [0.5, 0.6) is 0 Å². The van der Waals surface area contributed by atoms with E-state index in [9.17, 15) is 4.79 Å². The standard InChI is InChI=1S/C12H16N2O2/c1-16-12(15)9-6-7-14(8-9)11-4-2-10(13)3-5-11/h2-5,9H,6-8,13H2,1H3. The van der Waals surface area contributed by atoms with E-state index in [4.69, 9.17) is 10.5 Å². The molecule has 2 N–H and O–H groups in total. The van der Waals surface area contributed by atoms with Crippen LogP contribution in [-0.2, 0) is 9.53 Å². The summed E-state index contributed by atoms with van der Waals surface area (Å²) in [4.78, 5) is 13.6. The zero-order valence-corrected chi connectivity index (χ0v) is 9.35. The number of esters is 1. The summed E-state index contributed by atoms with van der Waals surface area (Å²) in [5.41, 5.74) is 7.50.